The molecule has 186 valence electrons. The van der Waals surface area contributed by atoms with Crippen LogP contribution in [0.25, 0.3) is 76.5 Å². The van der Waals surface area contributed by atoms with Crippen LogP contribution in [0.15, 0.2) is 157 Å². The third-order valence-corrected chi connectivity index (χ3v) is 7.15. The average Bonchev–Trinajstić information content (AvgIpc) is 3.19. The molecule has 0 heteroatoms. The molecule has 0 nitrogen and oxygen atoms in total. The summed E-state index contributed by atoms with van der Waals surface area (Å²) in [6.07, 6.45) is 0. The summed E-state index contributed by atoms with van der Waals surface area (Å²) < 4.78 is 134. The SMILES string of the molecule is [2H]c1c([2H])c([2H])c2c([2H])c(-c3c4c([2H])c([2H])c([2H])c([2H])c4c(-c4ccccc4-c4cccc5ccccc45)c4c([2H])c([2H])c([2H])c([2H])c34)c([2H])c([2H])c2c1[2H]. The van der Waals surface area contributed by atoms with Crippen LogP contribution in [0.5, 0.6) is 0 Å². The predicted octanol–water partition coefficient (Wildman–Crippen LogP) is 11.3. The van der Waals surface area contributed by atoms with Crippen molar-refractivity contribution < 1.29 is 20.6 Å². The summed E-state index contributed by atoms with van der Waals surface area (Å²) in [7, 11) is 0. The van der Waals surface area contributed by atoms with Gasteiger partial charge in [-0.1, -0.05) is 151 Å². The zero-order valence-electron chi connectivity index (χ0n) is 35.9. The number of benzene rings is 8. The number of hydrogen-bond donors (Lipinski definition) is 0. The van der Waals surface area contributed by atoms with Crippen LogP contribution in [0.4, 0.5) is 0 Å². The highest BCUT2D eigenvalue weighted by Crippen LogP contribution is 2.46. The van der Waals surface area contributed by atoms with E-state index in [4.69, 9.17) is 12.3 Å². The summed E-state index contributed by atoms with van der Waals surface area (Å²) in [4.78, 5) is 0. The second kappa shape index (κ2) is 9.22. The average molecular weight is 522 g/mol. The second-order valence-electron chi connectivity index (χ2n) is 9.32. The van der Waals surface area contributed by atoms with E-state index in [1.165, 1.54) is 0 Å². The van der Waals surface area contributed by atoms with E-state index >= 15 is 0 Å². The normalized spacial score (nSPS) is 16.8. The van der Waals surface area contributed by atoms with Crippen molar-refractivity contribution in [3.05, 3.63) is 157 Å². The Hall–Kier alpha value is -5.20. The van der Waals surface area contributed by atoms with Gasteiger partial charge in [-0.2, -0.15) is 0 Å². The van der Waals surface area contributed by atoms with Crippen LogP contribution < -0.4 is 0 Å². The fourth-order valence-corrected chi connectivity index (χ4v) is 5.45. The van der Waals surface area contributed by atoms with Gasteiger partial charge in [-0.3, -0.25) is 0 Å². The van der Waals surface area contributed by atoms with E-state index in [1.54, 1.807) is 18.2 Å². The summed E-state index contributed by atoms with van der Waals surface area (Å²) in [5, 5.41) is 0.0556. The van der Waals surface area contributed by atoms with Crippen LogP contribution >= 0.6 is 0 Å². The quantitative estimate of drug-likeness (QED) is 0.203. The predicted molar refractivity (Wildman–Crippen MR) is 173 cm³/mol. The van der Waals surface area contributed by atoms with Crippen LogP contribution in [-0.2, 0) is 0 Å². The second-order valence-corrected chi connectivity index (χ2v) is 9.32. The van der Waals surface area contributed by atoms with E-state index in [9.17, 15) is 8.22 Å². The first-order chi connectivity index (χ1) is 26.1. The number of hydrogen-bond acceptors (Lipinski definition) is 0. The Bertz CT molecular complexity index is 2960. The molecular formula is C40H26. The standard InChI is InChI=1S/C40H26/c1-2-14-29-26-30(25-24-27(29)12-1)39-35-19-7-9-21-37(35)40(38-22-10-8-20-36(38)39)34-18-6-5-17-33(34)32-23-11-15-28-13-3-4-16-31(28)32/h1-26H/i1D,2D,7D,8D,9D,10D,12D,14D,19D,20D,21D,22D,24D,25D,26D. The van der Waals surface area contributed by atoms with Crippen molar-refractivity contribution in [3.63, 3.8) is 0 Å². The van der Waals surface area contributed by atoms with Gasteiger partial charge in [0.25, 0.3) is 0 Å². The molecule has 0 atom stereocenters. The van der Waals surface area contributed by atoms with Crippen molar-refractivity contribution >= 4 is 43.1 Å². The fourth-order valence-electron chi connectivity index (χ4n) is 5.45. The third kappa shape index (κ3) is 3.54. The summed E-state index contributed by atoms with van der Waals surface area (Å²) in [6, 6.07) is 10.5. The van der Waals surface area contributed by atoms with Crippen molar-refractivity contribution in [3.8, 4) is 33.4 Å². The van der Waals surface area contributed by atoms with Crippen molar-refractivity contribution in [1.29, 1.82) is 0 Å². The molecule has 0 heterocycles. The van der Waals surface area contributed by atoms with Gasteiger partial charge in [0.2, 0.25) is 0 Å². The Morgan fingerprint density at radius 3 is 1.65 bits per heavy atom. The van der Waals surface area contributed by atoms with Crippen LogP contribution in [0.3, 0.4) is 0 Å². The van der Waals surface area contributed by atoms with Crippen LogP contribution in [-0.4, -0.2) is 0 Å². The van der Waals surface area contributed by atoms with Gasteiger partial charge in [0.1, 0.15) is 0 Å². The molecule has 0 saturated carbocycles. The highest BCUT2D eigenvalue weighted by molar-refractivity contribution is 6.23. The Labute approximate surface area is 254 Å². The Balaban J connectivity index is 1.71. The van der Waals surface area contributed by atoms with Gasteiger partial charge < -0.3 is 0 Å². The van der Waals surface area contributed by atoms with Crippen LogP contribution in [0, 0.1) is 0 Å². The monoisotopic (exact) mass is 521 g/mol. The molecule has 0 aliphatic heterocycles. The fraction of sp³-hybridized carbons (Fsp3) is 0. The Morgan fingerprint density at radius 1 is 0.350 bits per heavy atom. The summed E-state index contributed by atoms with van der Waals surface area (Å²) in [5.41, 5.74) is 0.927. The first-order valence-corrected chi connectivity index (χ1v) is 12.6. The molecule has 0 bridgehead atoms. The topological polar surface area (TPSA) is 0 Å². The lowest BCUT2D eigenvalue weighted by Crippen LogP contribution is -1.93. The number of fused-ring (bicyclic) bond motifs is 4. The first-order valence-electron chi connectivity index (χ1n) is 20.1. The maximum absolute atomic E-state index is 9.42. The van der Waals surface area contributed by atoms with Crippen molar-refractivity contribution in [2.45, 2.75) is 0 Å². The van der Waals surface area contributed by atoms with Gasteiger partial charge >= 0.3 is 0 Å². The van der Waals surface area contributed by atoms with Crippen LogP contribution in [0.1, 0.15) is 20.6 Å². The van der Waals surface area contributed by atoms with Gasteiger partial charge in [0.15, 0.2) is 0 Å². The Kier molecular flexibility index (Phi) is 2.84. The van der Waals surface area contributed by atoms with E-state index in [2.05, 4.69) is 0 Å². The van der Waals surface area contributed by atoms with Crippen molar-refractivity contribution in [2.75, 3.05) is 0 Å². The lowest BCUT2D eigenvalue weighted by atomic mass is 9.83. The minimum Gasteiger partial charge on any atom is -0.0616 e. The molecule has 0 saturated heterocycles. The summed E-state index contributed by atoms with van der Waals surface area (Å²) in [5.74, 6) is 0. The van der Waals surface area contributed by atoms with E-state index in [-0.39, 0.29) is 32.7 Å². The minimum absolute atomic E-state index is 0.0585. The molecule has 0 aliphatic carbocycles. The van der Waals surface area contributed by atoms with E-state index in [0.29, 0.717) is 11.1 Å². The molecule has 0 spiro atoms. The molecule has 0 aliphatic rings. The van der Waals surface area contributed by atoms with Crippen molar-refractivity contribution in [1.82, 2.24) is 0 Å². The van der Waals surface area contributed by atoms with Gasteiger partial charge in [-0.25, -0.2) is 0 Å². The molecule has 8 aromatic rings. The van der Waals surface area contributed by atoms with E-state index in [1.807, 2.05) is 48.5 Å². The highest BCUT2D eigenvalue weighted by Gasteiger charge is 2.19. The van der Waals surface area contributed by atoms with E-state index in [0.717, 1.165) is 16.3 Å². The maximum atomic E-state index is 9.42. The highest BCUT2D eigenvalue weighted by atomic mass is 14.2. The molecule has 8 rings (SSSR count). The molecule has 40 heavy (non-hydrogen) atoms. The molecule has 0 amide bonds. The summed E-state index contributed by atoms with van der Waals surface area (Å²) in [6.45, 7) is 0. The molecule has 0 aromatic heterocycles. The van der Waals surface area contributed by atoms with Gasteiger partial charge in [-0.05, 0) is 82.5 Å². The van der Waals surface area contributed by atoms with Gasteiger partial charge in [0, 0.05) is 0 Å². The Morgan fingerprint density at radius 2 is 0.900 bits per heavy atom. The molecule has 8 aromatic carbocycles. The molecule has 0 fully saturated rings. The number of rotatable bonds is 3. The zero-order chi connectivity index (χ0) is 39.5. The largest absolute Gasteiger partial charge is 0.0636 e. The van der Waals surface area contributed by atoms with Gasteiger partial charge in [0.05, 0.1) is 20.6 Å². The smallest absolute Gasteiger partial charge is 0.0616 e. The lowest BCUT2D eigenvalue weighted by molar-refractivity contribution is 1.63. The van der Waals surface area contributed by atoms with Gasteiger partial charge in [-0.15, -0.1) is 0 Å². The summed E-state index contributed by atoms with van der Waals surface area (Å²) >= 11 is 0. The molecule has 0 radical (unpaired) electrons. The third-order valence-electron chi connectivity index (χ3n) is 7.15. The van der Waals surface area contributed by atoms with Crippen molar-refractivity contribution in [2.24, 2.45) is 0 Å². The minimum atomic E-state index is -0.728. The van der Waals surface area contributed by atoms with Crippen LogP contribution in [0.2, 0.25) is 0 Å². The first kappa shape index (κ1) is 12.3. The molecule has 0 N–H and O–H groups in total. The zero-order valence-corrected chi connectivity index (χ0v) is 20.9. The van der Waals surface area contributed by atoms with E-state index < -0.39 is 107 Å². The molecular weight excluding hydrogens is 480 g/mol. The lowest BCUT2D eigenvalue weighted by Gasteiger charge is -2.20. The molecule has 0 unspecified atom stereocenters. The maximum Gasteiger partial charge on any atom is 0.0636 e.